The van der Waals surface area contributed by atoms with E-state index in [1.807, 2.05) is 55.5 Å². The van der Waals surface area contributed by atoms with Crippen LogP contribution in [0.5, 0.6) is 5.75 Å². The van der Waals surface area contributed by atoms with Gasteiger partial charge in [-0.1, -0.05) is 48.2 Å². The van der Waals surface area contributed by atoms with Gasteiger partial charge in [-0.15, -0.1) is 5.10 Å². The normalized spacial score (nSPS) is 17.8. The van der Waals surface area contributed by atoms with Crippen molar-refractivity contribution in [3.8, 4) is 5.75 Å². The molecule has 2 aromatic rings. The standard InChI is InChI=1S/C20H19N3O4S/c1-13-5-2-3-7-15(13)12-27-16-8-4-6-14(9-16)11-21-23-20-22-19(26)17(28-20)10-18(24)25/h2-9,11,17H,10,12H2,1H3,(H,24,25)(H,22,23,26). The van der Waals surface area contributed by atoms with E-state index in [1.54, 1.807) is 6.21 Å². The van der Waals surface area contributed by atoms with E-state index in [9.17, 15) is 9.59 Å². The van der Waals surface area contributed by atoms with Crippen LogP contribution in [0.25, 0.3) is 0 Å². The topological polar surface area (TPSA) is 100 Å². The number of carboxylic acids is 1. The van der Waals surface area contributed by atoms with E-state index in [-0.39, 0.29) is 12.3 Å². The largest absolute Gasteiger partial charge is 0.489 e. The van der Waals surface area contributed by atoms with E-state index >= 15 is 0 Å². The quantitative estimate of drug-likeness (QED) is 0.553. The zero-order chi connectivity index (χ0) is 19.9. The monoisotopic (exact) mass is 397 g/mol. The molecule has 0 radical (unpaired) electrons. The third kappa shape index (κ3) is 5.43. The van der Waals surface area contributed by atoms with Crippen LogP contribution in [0.15, 0.2) is 58.7 Å². The van der Waals surface area contributed by atoms with Crippen LogP contribution in [-0.2, 0) is 16.2 Å². The molecule has 3 rings (SSSR count). The zero-order valence-corrected chi connectivity index (χ0v) is 16.0. The number of ether oxygens (including phenoxy) is 1. The van der Waals surface area contributed by atoms with Gasteiger partial charge in [0.05, 0.1) is 12.6 Å². The molecular weight excluding hydrogens is 378 g/mol. The number of hydrogen-bond acceptors (Lipinski definition) is 6. The summed E-state index contributed by atoms with van der Waals surface area (Å²) in [5, 5.41) is 18.8. The van der Waals surface area contributed by atoms with Crippen molar-refractivity contribution in [2.75, 3.05) is 0 Å². The molecule has 28 heavy (non-hydrogen) atoms. The molecule has 1 fully saturated rings. The van der Waals surface area contributed by atoms with E-state index in [0.717, 1.165) is 22.9 Å². The van der Waals surface area contributed by atoms with Gasteiger partial charge in [0.1, 0.15) is 17.6 Å². The molecular formula is C20H19N3O4S. The van der Waals surface area contributed by atoms with Gasteiger partial charge in [0, 0.05) is 0 Å². The molecule has 1 atom stereocenters. The van der Waals surface area contributed by atoms with Crippen molar-refractivity contribution in [3.05, 3.63) is 65.2 Å². The van der Waals surface area contributed by atoms with Crippen molar-refractivity contribution in [3.63, 3.8) is 0 Å². The molecule has 144 valence electrons. The molecule has 0 aliphatic carbocycles. The smallest absolute Gasteiger partial charge is 0.305 e. The summed E-state index contributed by atoms with van der Waals surface area (Å²) >= 11 is 1.06. The van der Waals surface area contributed by atoms with E-state index in [1.165, 1.54) is 5.56 Å². The second-order valence-electron chi connectivity index (χ2n) is 6.13. The lowest BCUT2D eigenvalue weighted by atomic mass is 10.1. The number of amidine groups is 1. The zero-order valence-electron chi connectivity index (χ0n) is 15.2. The average molecular weight is 397 g/mol. The maximum absolute atomic E-state index is 11.7. The molecule has 2 aromatic carbocycles. The number of benzene rings is 2. The summed E-state index contributed by atoms with van der Waals surface area (Å²) < 4.78 is 5.84. The number of rotatable bonds is 7. The highest BCUT2D eigenvalue weighted by Gasteiger charge is 2.32. The Morgan fingerprint density at radius 2 is 2.11 bits per heavy atom. The predicted molar refractivity (Wildman–Crippen MR) is 109 cm³/mol. The number of thioether (sulfide) groups is 1. The minimum atomic E-state index is -1.03. The van der Waals surface area contributed by atoms with Gasteiger partial charge < -0.3 is 15.2 Å². The summed E-state index contributed by atoms with van der Waals surface area (Å²) in [6.07, 6.45) is 1.30. The number of carbonyl (C=O) groups excluding carboxylic acids is 1. The molecule has 7 nitrogen and oxygen atoms in total. The van der Waals surface area contributed by atoms with Crippen LogP contribution < -0.4 is 10.1 Å². The fourth-order valence-electron chi connectivity index (χ4n) is 2.51. The van der Waals surface area contributed by atoms with Crippen LogP contribution in [-0.4, -0.2) is 33.6 Å². The number of aryl methyl sites for hydroxylation is 1. The lowest BCUT2D eigenvalue weighted by molar-refractivity contribution is -0.138. The van der Waals surface area contributed by atoms with E-state index in [2.05, 4.69) is 15.5 Å². The molecule has 2 N–H and O–H groups in total. The molecule has 1 heterocycles. The number of nitrogens with zero attached hydrogens (tertiary/aromatic N) is 2. The number of carbonyl (C=O) groups is 2. The molecule has 0 spiro atoms. The van der Waals surface area contributed by atoms with Crippen molar-refractivity contribution in [1.82, 2.24) is 5.32 Å². The van der Waals surface area contributed by atoms with Gasteiger partial charge in [-0.25, -0.2) is 0 Å². The average Bonchev–Trinajstić information content (AvgIpc) is 3.00. The maximum Gasteiger partial charge on any atom is 0.305 e. The summed E-state index contributed by atoms with van der Waals surface area (Å²) in [6, 6.07) is 15.5. The van der Waals surface area contributed by atoms with E-state index < -0.39 is 11.2 Å². The summed E-state index contributed by atoms with van der Waals surface area (Å²) in [6.45, 7) is 2.52. The maximum atomic E-state index is 11.7. The second-order valence-corrected chi connectivity index (χ2v) is 7.32. The summed E-state index contributed by atoms with van der Waals surface area (Å²) in [4.78, 5) is 22.4. The first-order chi connectivity index (χ1) is 13.5. The van der Waals surface area contributed by atoms with E-state index in [4.69, 9.17) is 9.84 Å². The van der Waals surface area contributed by atoms with Crippen LogP contribution in [0.4, 0.5) is 0 Å². The lowest BCUT2D eigenvalue weighted by Crippen LogP contribution is -2.26. The molecule has 1 unspecified atom stereocenters. The van der Waals surface area contributed by atoms with Crippen LogP contribution in [0.2, 0.25) is 0 Å². The number of hydrogen-bond donors (Lipinski definition) is 2. The Morgan fingerprint density at radius 3 is 2.89 bits per heavy atom. The van der Waals surface area contributed by atoms with Crippen molar-refractivity contribution in [1.29, 1.82) is 0 Å². The highest BCUT2D eigenvalue weighted by Crippen LogP contribution is 2.22. The van der Waals surface area contributed by atoms with Crippen molar-refractivity contribution in [2.24, 2.45) is 10.2 Å². The third-order valence-electron chi connectivity index (χ3n) is 4.01. The minimum Gasteiger partial charge on any atom is -0.489 e. The molecule has 0 saturated carbocycles. The Kier molecular flexibility index (Phi) is 6.44. The number of amides is 1. The SMILES string of the molecule is Cc1ccccc1COc1cccc(C=NN=C2NC(=O)C(CC(=O)O)S2)c1. The van der Waals surface area contributed by atoms with Crippen molar-refractivity contribution in [2.45, 2.75) is 25.2 Å². The van der Waals surface area contributed by atoms with Gasteiger partial charge in [0.2, 0.25) is 5.91 Å². The Bertz CT molecular complexity index is 943. The molecule has 1 aliphatic heterocycles. The summed E-state index contributed by atoms with van der Waals surface area (Å²) in [5.41, 5.74) is 3.09. The molecule has 1 amide bonds. The summed E-state index contributed by atoms with van der Waals surface area (Å²) in [5.74, 6) is -0.683. The van der Waals surface area contributed by atoms with Crippen LogP contribution >= 0.6 is 11.8 Å². The van der Waals surface area contributed by atoms with Crippen molar-refractivity contribution < 1.29 is 19.4 Å². The second kappa shape index (κ2) is 9.18. The minimum absolute atomic E-state index is 0.250. The van der Waals surface area contributed by atoms with Crippen LogP contribution in [0.1, 0.15) is 23.1 Å². The first kappa shape index (κ1) is 19.6. The first-order valence-electron chi connectivity index (χ1n) is 8.59. The van der Waals surface area contributed by atoms with Crippen molar-refractivity contribution >= 4 is 35.0 Å². The third-order valence-corrected chi connectivity index (χ3v) is 5.08. The first-order valence-corrected chi connectivity index (χ1v) is 9.47. The number of carboxylic acid groups (broad SMARTS) is 1. The fraction of sp³-hybridized carbons (Fsp3) is 0.200. The van der Waals surface area contributed by atoms with Gasteiger partial charge in [-0.3, -0.25) is 9.59 Å². The van der Waals surface area contributed by atoms with Crippen LogP contribution in [0, 0.1) is 6.92 Å². The van der Waals surface area contributed by atoms with Gasteiger partial charge in [-0.05, 0) is 35.7 Å². The molecule has 8 heteroatoms. The van der Waals surface area contributed by atoms with Crippen LogP contribution in [0.3, 0.4) is 0 Å². The number of aliphatic carboxylic acids is 1. The predicted octanol–water partition coefficient (Wildman–Crippen LogP) is 2.97. The van der Waals surface area contributed by atoms with Gasteiger partial charge >= 0.3 is 5.97 Å². The molecule has 1 saturated heterocycles. The number of nitrogens with one attached hydrogen (secondary N) is 1. The van der Waals surface area contributed by atoms with Gasteiger partial charge in [-0.2, -0.15) is 5.10 Å². The fourth-order valence-corrected chi connectivity index (χ4v) is 3.43. The Labute approximate surface area is 166 Å². The van der Waals surface area contributed by atoms with Gasteiger partial charge in [0.15, 0.2) is 5.17 Å². The Balaban J connectivity index is 1.59. The summed E-state index contributed by atoms with van der Waals surface area (Å²) in [7, 11) is 0. The lowest BCUT2D eigenvalue weighted by Gasteiger charge is -2.08. The molecule has 1 aliphatic rings. The van der Waals surface area contributed by atoms with Gasteiger partial charge in [0.25, 0.3) is 0 Å². The Morgan fingerprint density at radius 1 is 1.29 bits per heavy atom. The Hall–Kier alpha value is -3.13. The highest BCUT2D eigenvalue weighted by atomic mass is 32.2. The van der Waals surface area contributed by atoms with E-state index in [0.29, 0.717) is 17.5 Å². The molecule has 0 bridgehead atoms. The molecule has 0 aromatic heterocycles. The highest BCUT2D eigenvalue weighted by molar-refractivity contribution is 8.15.